The lowest BCUT2D eigenvalue weighted by molar-refractivity contribution is -0.143. The van der Waals surface area contributed by atoms with E-state index in [1.807, 2.05) is 0 Å². The van der Waals surface area contributed by atoms with E-state index in [9.17, 15) is 9.18 Å². The second-order valence-corrected chi connectivity index (χ2v) is 5.51. The maximum atomic E-state index is 14.1. The van der Waals surface area contributed by atoms with Crippen LogP contribution in [0.2, 0.25) is 5.02 Å². The molecule has 1 unspecified atom stereocenters. The number of hydrogen-bond acceptors (Lipinski definition) is 3. The van der Waals surface area contributed by atoms with Crippen molar-refractivity contribution in [3.63, 3.8) is 0 Å². The van der Waals surface area contributed by atoms with Gasteiger partial charge in [0.15, 0.2) is 0 Å². The number of hydrogen-bond donors (Lipinski definition) is 1. The summed E-state index contributed by atoms with van der Waals surface area (Å²) >= 11 is 5.79. The lowest BCUT2D eigenvalue weighted by atomic mass is 9.94. The lowest BCUT2D eigenvalue weighted by Crippen LogP contribution is -2.39. The molecule has 0 spiro atoms. The molecular formula is C15H19ClFNO2. The van der Waals surface area contributed by atoms with Crippen LogP contribution in [0, 0.1) is 5.82 Å². The Morgan fingerprint density at radius 1 is 1.40 bits per heavy atom. The minimum atomic E-state index is -0.804. The molecule has 20 heavy (non-hydrogen) atoms. The molecule has 0 amide bonds. The van der Waals surface area contributed by atoms with Gasteiger partial charge in [-0.25, -0.2) is 9.18 Å². The van der Waals surface area contributed by atoms with Crippen molar-refractivity contribution in [1.82, 2.24) is 5.32 Å². The van der Waals surface area contributed by atoms with Gasteiger partial charge >= 0.3 is 5.97 Å². The fraction of sp³-hybridized carbons (Fsp3) is 0.533. The number of carbonyl (C=O) groups is 1. The molecule has 110 valence electrons. The standard InChI is InChI=1S/C15H19ClFNO2/c1-20-15(19)14(18-10-6-3-2-4-7-10)11-8-5-9-12(16)13(11)17/h5,8-10,14,18H,2-4,6-7H2,1H3. The van der Waals surface area contributed by atoms with E-state index in [1.165, 1.54) is 19.6 Å². The number of rotatable bonds is 4. The molecule has 1 atom stereocenters. The summed E-state index contributed by atoms with van der Waals surface area (Å²) in [6, 6.07) is 4.08. The third kappa shape index (κ3) is 3.49. The van der Waals surface area contributed by atoms with E-state index in [-0.39, 0.29) is 16.6 Å². The molecule has 2 rings (SSSR count). The molecule has 1 aromatic carbocycles. The van der Waals surface area contributed by atoms with Crippen molar-refractivity contribution in [2.45, 2.75) is 44.2 Å². The van der Waals surface area contributed by atoms with E-state index < -0.39 is 17.8 Å². The average molecular weight is 300 g/mol. The highest BCUT2D eigenvalue weighted by atomic mass is 35.5. The van der Waals surface area contributed by atoms with Crippen LogP contribution in [0.1, 0.15) is 43.7 Å². The molecule has 0 bridgehead atoms. The molecule has 0 aliphatic heterocycles. The summed E-state index contributed by atoms with van der Waals surface area (Å²) in [4.78, 5) is 12.0. The van der Waals surface area contributed by atoms with Crippen LogP contribution in [-0.4, -0.2) is 19.1 Å². The van der Waals surface area contributed by atoms with Gasteiger partial charge in [0.1, 0.15) is 11.9 Å². The summed E-state index contributed by atoms with van der Waals surface area (Å²) in [5, 5.41) is 3.23. The molecule has 1 saturated carbocycles. The van der Waals surface area contributed by atoms with Gasteiger partial charge in [0.2, 0.25) is 0 Å². The van der Waals surface area contributed by atoms with E-state index in [4.69, 9.17) is 16.3 Å². The maximum Gasteiger partial charge on any atom is 0.327 e. The minimum absolute atomic E-state index is 0.0156. The van der Waals surface area contributed by atoms with Crippen molar-refractivity contribution < 1.29 is 13.9 Å². The zero-order valence-electron chi connectivity index (χ0n) is 11.5. The maximum absolute atomic E-state index is 14.1. The zero-order chi connectivity index (χ0) is 14.5. The minimum Gasteiger partial charge on any atom is -0.468 e. The van der Waals surface area contributed by atoms with Crippen molar-refractivity contribution in [1.29, 1.82) is 0 Å². The summed E-state index contributed by atoms with van der Waals surface area (Å²) in [5.41, 5.74) is 0.245. The highest BCUT2D eigenvalue weighted by Crippen LogP contribution is 2.27. The van der Waals surface area contributed by atoms with Gasteiger partial charge in [0.25, 0.3) is 0 Å². The van der Waals surface area contributed by atoms with Gasteiger partial charge in [-0.1, -0.05) is 43.0 Å². The van der Waals surface area contributed by atoms with Crippen LogP contribution in [0.15, 0.2) is 18.2 Å². The van der Waals surface area contributed by atoms with Gasteiger partial charge in [-0.2, -0.15) is 0 Å². The highest BCUT2D eigenvalue weighted by Gasteiger charge is 2.28. The molecule has 0 aromatic heterocycles. The van der Waals surface area contributed by atoms with Crippen LogP contribution in [0.4, 0.5) is 4.39 Å². The van der Waals surface area contributed by atoms with Crippen molar-refractivity contribution in [2.75, 3.05) is 7.11 Å². The molecule has 5 heteroatoms. The van der Waals surface area contributed by atoms with E-state index in [2.05, 4.69) is 5.32 Å². The van der Waals surface area contributed by atoms with E-state index >= 15 is 0 Å². The van der Waals surface area contributed by atoms with Crippen LogP contribution >= 0.6 is 11.6 Å². The number of esters is 1. The normalized spacial score (nSPS) is 17.8. The number of ether oxygens (including phenoxy) is 1. The summed E-state index contributed by atoms with van der Waals surface area (Å²) in [6.07, 6.45) is 5.46. The zero-order valence-corrected chi connectivity index (χ0v) is 12.3. The van der Waals surface area contributed by atoms with Crippen molar-refractivity contribution in [2.24, 2.45) is 0 Å². The third-order valence-corrected chi connectivity index (χ3v) is 4.03. The quantitative estimate of drug-likeness (QED) is 0.863. The summed E-state index contributed by atoms with van der Waals surface area (Å²) < 4.78 is 18.9. The van der Waals surface area contributed by atoms with Crippen LogP contribution in [0.3, 0.4) is 0 Å². The summed E-state index contributed by atoms with van der Waals surface area (Å²) in [7, 11) is 1.31. The van der Waals surface area contributed by atoms with E-state index in [0.29, 0.717) is 0 Å². The summed E-state index contributed by atoms with van der Waals surface area (Å²) in [5.74, 6) is -1.05. The number of benzene rings is 1. The number of carbonyl (C=O) groups excluding carboxylic acids is 1. The first-order valence-corrected chi connectivity index (χ1v) is 7.29. The molecule has 1 fully saturated rings. The SMILES string of the molecule is COC(=O)C(NC1CCCCC1)c1cccc(Cl)c1F. The molecule has 0 saturated heterocycles. The largest absolute Gasteiger partial charge is 0.468 e. The topological polar surface area (TPSA) is 38.3 Å². The van der Waals surface area contributed by atoms with E-state index in [0.717, 1.165) is 25.7 Å². The van der Waals surface area contributed by atoms with E-state index in [1.54, 1.807) is 12.1 Å². The smallest absolute Gasteiger partial charge is 0.327 e. The first-order valence-electron chi connectivity index (χ1n) is 6.91. The molecule has 1 aliphatic carbocycles. The molecule has 0 radical (unpaired) electrons. The Kier molecular flexibility index (Phi) is 5.38. The number of methoxy groups -OCH3 is 1. The first-order chi connectivity index (χ1) is 9.63. The van der Waals surface area contributed by atoms with Crippen LogP contribution in [-0.2, 0) is 9.53 Å². The van der Waals surface area contributed by atoms with Gasteiger partial charge in [0.05, 0.1) is 12.1 Å². The molecule has 3 nitrogen and oxygen atoms in total. The van der Waals surface area contributed by atoms with Crippen LogP contribution in [0.5, 0.6) is 0 Å². The summed E-state index contributed by atoms with van der Waals surface area (Å²) in [6.45, 7) is 0. The monoisotopic (exact) mass is 299 g/mol. The van der Waals surface area contributed by atoms with Crippen LogP contribution < -0.4 is 5.32 Å². The first kappa shape index (κ1) is 15.3. The Morgan fingerprint density at radius 2 is 2.10 bits per heavy atom. The molecule has 1 N–H and O–H groups in total. The second-order valence-electron chi connectivity index (χ2n) is 5.10. The average Bonchev–Trinajstić information content (AvgIpc) is 2.48. The lowest BCUT2D eigenvalue weighted by Gasteiger charge is -2.27. The molecule has 1 aromatic rings. The van der Waals surface area contributed by atoms with Crippen LogP contribution in [0.25, 0.3) is 0 Å². The van der Waals surface area contributed by atoms with Gasteiger partial charge < -0.3 is 4.74 Å². The van der Waals surface area contributed by atoms with Gasteiger partial charge in [-0.15, -0.1) is 0 Å². The fourth-order valence-electron chi connectivity index (χ4n) is 2.65. The van der Waals surface area contributed by atoms with Crippen molar-refractivity contribution in [3.8, 4) is 0 Å². The Bertz CT molecular complexity index is 475. The molecule has 0 heterocycles. The predicted octanol–water partition coefficient (Wildman–Crippen LogP) is 3.62. The van der Waals surface area contributed by atoms with Crippen molar-refractivity contribution >= 4 is 17.6 Å². The second kappa shape index (κ2) is 7.04. The highest BCUT2D eigenvalue weighted by molar-refractivity contribution is 6.30. The molecular weight excluding hydrogens is 281 g/mol. The Labute approximate surface area is 123 Å². The Balaban J connectivity index is 2.22. The van der Waals surface area contributed by atoms with Crippen molar-refractivity contribution in [3.05, 3.63) is 34.6 Å². The number of nitrogens with one attached hydrogen (secondary N) is 1. The predicted molar refractivity (Wildman–Crippen MR) is 76.2 cm³/mol. The fourth-order valence-corrected chi connectivity index (χ4v) is 2.83. The van der Waals surface area contributed by atoms with Gasteiger partial charge in [-0.3, -0.25) is 5.32 Å². The number of halogens is 2. The Hall–Kier alpha value is -1.13. The van der Waals surface area contributed by atoms with Gasteiger partial charge in [0, 0.05) is 11.6 Å². The molecule has 1 aliphatic rings. The van der Waals surface area contributed by atoms with Gasteiger partial charge in [-0.05, 0) is 18.9 Å². The Morgan fingerprint density at radius 3 is 2.75 bits per heavy atom. The third-order valence-electron chi connectivity index (χ3n) is 3.74.